The summed E-state index contributed by atoms with van der Waals surface area (Å²) < 4.78 is 13.7. The number of halogens is 1. The zero-order valence-electron chi connectivity index (χ0n) is 14.4. The second-order valence-corrected chi connectivity index (χ2v) is 6.87. The molecule has 26 heavy (non-hydrogen) atoms. The van der Waals surface area contributed by atoms with Crippen LogP contribution in [0.25, 0.3) is 0 Å². The fourth-order valence-corrected chi connectivity index (χ4v) is 3.53. The number of furan rings is 1. The highest BCUT2D eigenvalue weighted by Gasteiger charge is 2.49. The van der Waals surface area contributed by atoms with Gasteiger partial charge in [-0.1, -0.05) is 11.6 Å². The fourth-order valence-electron chi connectivity index (χ4n) is 3.40. The van der Waals surface area contributed by atoms with E-state index in [4.69, 9.17) is 25.6 Å². The van der Waals surface area contributed by atoms with Crippen molar-refractivity contribution in [3.8, 4) is 5.75 Å². The molecule has 2 aromatic heterocycles. The van der Waals surface area contributed by atoms with Gasteiger partial charge in [0.1, 0.15) is 29.8 Å². The molecule has 6 nitrogen and oxygen atoms in total. The Hall–Kier alpha value is -2.28. The molecule has 0 amide bonds. The molecule has 2 unspecified atom stereocenters. The second kappa shape index (κ2) is 7.15. The van der Waals surface area contributed by atoms with Gasteiger partial charge in [0.05, 0.1) is 19.1 Å². The highest BCUT2D eigenvalue weighted by molar-refractivity contribution is 6.30. The fraction of sp³-hybridized carbons (Fsp3) is 0.316. The van der Waals surface area contributed by atoms with E-state index in [-0.39, 0.29) is 6.10 Å². The molecule has 3 heterocycles. The van der Waals surface area contributed by atoms with E-state index in [2.05, 4.69) is 4.98 Å². The van der Waals surface area contributed by atoms with E-state index in [9.17, 15) is 0 Å². The molecule has 0 saturated carbocycles. The third-order valence-electron chi connectivity index (χ3n) is 4.71. The number of imidazole rings is 1. The standard InChI is InChI=1S/C19H20ClN3O3/c1-22-19(18-3-2-10-24-18,13-23-9-8-21-14-23)11-17(26-22)12-25-16-6-4-15(20)5-7-16/h2-10,14,17H,11-13H2,1H3. The summed E-state index contributed by atoms with van der Waals surface area (Å²) in [5.41, 5.74) is -0.418. The Kier molecular flexibility index (Phi) is 4.72. The van der Waals surface area contributed by atoms with Gasteiger partial charge in [-0.3, -0.25) is 4.84 Å². The maximum atomic E-state index is 6.08. The lowest BCUT2D eigenvalue weighted by Gasteiger charge is -2.32. The number of hydrogen-bond donors (Lipinski definition) is 0. The van der Waals surface area contributed by atoms with E-state index in [0.717, 1.165) is 17.9 Å². The molecule has 1 aliphatic rings. The van der Waals surface area contributed by atoms with E-state index in [0.29, 0.717) is 18.2 Å². The summed E-state index contributed by atoms with van der Waals surface area (Å²) in [4.78, 5) is 10.2. The number of hydroxylamine groups is 2. The average molecular weight is 374 g/mol. The summed E-state index contributed by atoms with van der Waals surface area (Å²) in [5, 5.41) is 2.56. The molecule has 0 radical (unpaired) electrons. The SMILES string of the molecule is CN1OC(COc2ccc(Cl)cc2)CC1(Cn1ccnc1)c1ccco1. The largest absolute Gasteiger partial charge is 0.491 e. The monoisotopic (exact) mass is 373 g/mol. The lowest BCUT2D eigenvalue weighted by Crippen LogP contribution is -2.41. The maximum absolute atomic E-state index is 6.08. The van der Waals surface area contributed by atoms with Crippen LogP contribution in [0.3, 0.4) is 0 Å². The van der Waals surface area contributed by atoms with Crippen LogP contribution in [0.1, 0.15) is 12.2 Å². The Morgan fingerprint density at radius 3 is 2.85 bits per heavy atom. The van der Waals surface area contributed by atoms with Gasteiger partial charge in [-0.15, -0.1) is 0 Å². The normalized spacial score (nSPS) is 23.4. The van der Waals surface area contributed by atoms with Gasteiger partial charge in [0, 0.05) is 30.9 Å². The average Bonchev–Trinajstić information content (AvgIpc) is 3.38. The molecular formula is C19H20ClN3O3. The van der Waals surface area contributed by atoms with Crippen LogP contribution in [0.4, 0.5) is 0 Å². The summed E-state index contributed by atoms with van der Waals surface area (Å²) in [7, 11) is 1.93. The van der Waals surface area contributed by atoms with Crippen molar-refractivity contribution in [3.63, 3.8) is 0 Å². The van der Waals surface area contributed by atoms with Crippen LogP contribution in [0.2, 0.25) is 5.02 Å². The van der Waals surface area contributed by atoms with Crippen LogP contribution in [-0.2, 0) is 16.9 Å². The lowest BCUT2D eigenvalue weighted by molar-refractivity contribution is -0.183. The Morgan fingerprint density at radius 2 is 2.15 bits per heavy atom. The van der Waals surface area contributed by atoms with Gasteiger partial charge in [0.25, 0.3) is 0 Å². The number of benzene rings is 1. The van der Waals surface area contributed by atoms with Crippen LogP contribution in [0, 0.1) is 0 Å². The third-order valence-corrected chi connectivity index (χ3v) is 4.96. The molecule has 7 heteroatoms. The highest BCUT2D eigenvalue weighted by atomic mass is 35.5. The van der Waals surface area contributed by atoms with Gasteiger partial charge >= 0.3 is 0 Å². The van der Waals surface area contributed by atoms with Crippen LogP contribution in [-0.4, -0.2) is 34.4 Å². The molecule has 3 aromatic rings. The number of rotatable bonds is 6. The summed E-state index contributed by atoms with van der Waals surface area (Å²) in [5.74, 6) is 1.63. The molecular weight excluding hydrogens is 354 g/mol. The van der Waals surface area contributed by atoms with E-state index in [1.807, 2.05) is 59.3 Å². The van der Waals surface area contributed by atoms with Crippen molar-refractivity contribution in [1.82, 2.24) is 14.6 Å². The third kappa shape index (κ3) is 3.35. The van der Waals surface area contributed by atoms with Crippen molar-refractivity contribution in [3.05, 3.63) is 72.2 Å². The van der Waals surface area contributed by atoms with Crippen molar-refractivity contribution in [1.29, 1.82) is 0 Å². The van der Waals surface area contributed by atoms with Gasteiger partial charge in [0.2, 0.25) is 0 Å². The zero-order valence-corrected chi connectivity index (χ0v) is 15.2. The molecule has 0 aliphatic carbocycles. The lowest BCUT2D eigenvalue weighted by atomic mass is 9.90. The first-order valence-corrected chi connectivity index (χ1v) is 8.82. The number of hydrogen-bond acceptors (Lipinski definition) is 5. The zero-order chi connectivity index (χ0) is 18.0. The number of likely N-dealkylation sites (N-methyl/N-ethyl adjacent to an activating group) is 1. The minimum atomic E-state index is -0.418. The summed E-state index contributed by atoms with van der Waals surface area (Å²) in [6, 6.07) is 11.2. The summed E-state index contributed by atoms with van der Waals surface area (Å²) >= 11 is 5.92. The maximum Gasteiger partial charge on any atom is 0.128 e. The molecule has 1 saturated heterocycles. The van der Waals surface area contributed by atoms with Crippen molar-refractivity contribution in [2.75, 3.05) is 13.7 Å². The predicted molar refractivity (Wildman–Crippen MR) is 96.8 cm³/mol. The number of ether oxygens (including phenoxy) is 1. The van der Waals surface area contributed by atoms with Crippen LogP contribution < -0.4 is 4.74 Å². The Labute approximate surface area is 156 Å². The van der Waals surface area contributed by atoms with Crippen molar-refractivity contribution in [2.45, 2.75) is 24.6 Å². The first-order chi connectivity index (χ1) is 12.7. The van der Waals surface area contributed by atoms with Crippen molar-refractivity contribution < 1.29 is 14.0 Å². The van der Waals surface area contributed by atoms with E-state index in [1.165, 1.54) is 0 Å². The molecule has 1 aliphatic heterocycles. The quantitative estimate of drug-likeness (QED) is 0.658. The summed E-state index contributed by atoms with van der Waals surface area (Å²) in [6.07, 6.45) is 7.85. The topological polar surface area (TPSA) is 52.7 Å². The Morgan fingerprint density at radius 1 is 1.31 bits per heavy atom. The minimum absolute atomic E-state index is 0.0932. The molecule has 4 rings (SSSR count). The highest BCUT2D eigenvalue weighted by Crippen LogP contribution is 2.41. The molecule has 1 aromatic carbocycles. The van der Waals surface area contributed by atoms with E-state index >= 15 is 0 Å². The molecule has 0 bridgehead atoms. The molecule has 1 fully saturated rings. The second-order valence-electron chi connectivity index (χ2n) is 6.44. The van der Waals surface area contributed by atoms with E-state index in [1.54, 1.807) is 18.8 Å². The molecule has 136 valence electrons. The van der Waals surface area contributed by atoms with E-state index < -0.39 is 5.54 Å². The van der Waals surface area contributed by atoms with Gasteiger partial charge < -0.3 is 13.7 Å². The number of aromatic nitrogens is 2. The Balaban J connectivity index is 1.51. The summed E-state index contributed by atoms with van der Waals surface area (Å²) in [6.45, 7) is 1.12. The molecule has 0 N–H and O–H groups in total. The van der Waals surface area contributed by atoms with Crippen LogP contribution in [0.15, 0.2) is 65.8 Å². The van der Waals surface area contributed by atoms with Crippen molar-refractivity contribution >= 4 is 11.6 Å². The van der Waals surface area contributed by atoms with Gasteiger partial charge in [0.15, 0.2) is 0 Å². The first kappa shape index (κ1) is 17.1. The molecule has 0 spiro atoms. The number of nitrogens with zero attached hydrogens (tertiary/aromatic N) is 3. The van der Waals surface area contributed by atoms with Gasteiger partial charge in [-0.25, -0.2) is 4.98 Å². The van der Waals surface area contributed by atoms with Crippen LogP contribution in [0.5, 0.6) is 5.75 Å². The van der Waals surface area contributed by atoms with Crippen LogP contribution >= 0.6 is 11.6 Å². The van der Waals surface area contributed by atoms with Gasteiger partial charge in [-0.2, -0.15) is 5.06 Å². The minimum Gasteiger partial charge on any atom is -0.491 e. The first-order valence-electron chi connectivity index (χ1n) is 8.44. The van der Waals surface area contributed by atoms with Gasteiger partial charge in [-0.05, 0) is 36.4 Å². The predicted octanol–water partition coefficient (Wildman–Crippen LogP) is 3.74. The molecule has 2 atom stereocenters. The smallest absolute Gasteiger partial charge is 0.128 e. The van der Waals surface area contributed by atoms with Crippen molar-refractivity contribution in [2.24, 2.45) is 0 Å². The Bertz CT molecular complexity index is 820.